The first-order valence-electron chi connectivity index (χ1n) is 5.68. The third kappa shape index (κ3) is 10.2. The Morgan fingerprint density at radius 3 is 2.33 bits per heavy atom. The molecule has 0 aromatic heterocycles. The van der Waals surface area contributed by atoms with E-state index in [2.05, 4.69) is 17.0 Å². The Bertz CT molecular complexity index is 238. The predicted molar refractivity (Wildman–Crippen MR) is 64.5 cm³/mol. The van der Waals surface area contributed by atoms with Crippen molar-refractivity contribution in [1.82, 2.24) is 10.0 Å². The van der Waals surface area contributed by atoms with Crippen LogP contribution in [0.3, 0.4) is 0 Å². The average Bonchev–Trinajstić information content (AvgIpc) is 2.11. The van der Waals surface area contributed by atoms with E-state index in [1.165, 1.54) is 0 Å². The molecule has 0 aromatic rings. The van der Waals surface area contributed by atoms with Crippen LogP contribution in [0, 0.1) is 0 Å². The van der Waals surface area contributed by atoms with Crippen molar-refractivity contribution in [3.63, 3.8) is 0 Å². The number of sulfonamides is 1. The second kappa shape index (κ2) is 8.07. The summed E-state index contributed by atoms with van der Waals surface area (Å²) in [6, 6.07) is 0.334. The highest BCUT2D eigenvalue weighted by molar-refractivity contribution is 7.89. The Kier molecular flexibility index (Phi) is 8.00. The van der Waals surface area contributed by atoms with Crippen LogP contribution < -0.4 is 10.0 Å². The van der Waals surface area contributed by atoms with Gasteiger partial charge in [0.05, 0.1) is 5.75 Å². The van der Waals surface area contributed by atoms with E-state index in [-0.39, 0.29) is 5.75 Å². The van der Waals surface area contributed by atoms with Gasteiger partial charge in [-0.05, 0) is 6.42 Å². The van der Waals surface area contributed by atoms with Crippen LogP contribution in [0.25, 0.3) is 0 Å². The molecule has 0 aliphatic heterocycles. The van der Waals surface area contributed by atoms with E-state index < -0.39 is 10.0 Å². The summed E-state index contributed by atoms with van der Waals surface area (Å²) in [5, 5.41) is 3.08. The topological polar surface area (TPSA) is 58.2 Å². The summed E-state index contributed by atoms with van der Waals surface area (Å²) in [6.07, 6.45) is 3.11. The van der Waals surface area contributed by atoms with Gasteiger partial charge in [0.15, 0.2) is 0 Å². The molecule has 4 nitrogen and oxygen atoms in total. The molecule has 92 valence electrons. The van der Waals surface area contributed by atoms with Crippen molar-refractivity contribution in [2.45, 2.75) is 46.1 Å². The van der Waals surface area contributed by atoms with Gasteiger partial charge in [-0.15, -0.1) is 0 Å². The fourth-order valence-corrected chi connectivity index (χ4v) is 2.14. The van der Waals surface area contributed by atoms with E-state index in [9.17, 15) is 8.42 Å². The summed E-state index contributed by atoms with van der Waals surface area (Å²) in [5.41, 5.74) is 0. The van der Waals surface area contributed by atoms with Crippen molar-refractivity contribution in [1.29, 1.82) is 0 Å². The summed E-state index contributed by atoms with van der Waals surface area (Å²) >= 11 is 0. The zero-order chi connectivity index (χ0) is 11.7. The van der Waals surface area contributed by atoms with Gasteiger partial charge in [0.25, 0.3) is 0 Å². The molecule has 0 amide bonds. The second-order valence-corrected chi connectivity index (χ2v) is 5.96. The van der Waals surface area contributed by atoms with Crippen LogP contribution in [0.4, 0.5) is 0 Å². The first-order chi connectivity index (χ1) is 6.98. The molecule has 0 heterocycles. The SMILES string of the molecule is CCCCCNS(=O)(=O)CCNC(C)C. The molecule has 0 saturated carbocycles. The van der Waals surface area contributed by atoms with Crippen LogP contribution in [0.5, 0.6) is 0 Å². The number of nitrogens with one attached hydrogen (secondary N) is 2. The number of hydrogen-bond acceptors (Lipinski definition) is 3. The molecule has 15 heavy (non-hydrogen) atoms. The fraction of sp³-hybridized carbons (Fsp3) is 1.00. The molecule has 0 atom stereocenters. The number of rotatable bonds is 9. The summed E-state index contributed by atoms with van der Waals surface area (Å²) in [6.45, 7) is 7.18. The molecule has 0 unspecified atom stereocenters. The van der Waals surface area contributed by atoms with Gasteiger partial charge in [-0.1, -0.05) is 33.6 Å². The van der Waals surface area contributed by atoms with Gasteiger partial charge in [-0.3, -0.25) is 0 Å². The Hall–Kier alpha value is -0.130. The fourth-order valence-electron chi connectivity index (χ4n) is 1.16. The Labute approximate surface area is 93.9 Å². The maximum Gasteiger partial charge on any atom is 0.212 e. The van der Waals surface area contributed by atoms with Gasteiger partial charge >= 0.3 is 0 Å². The van der Waals surface area contributed by atoms with Crippen LogP contribution in [-0.2, 0) is 10.0 Å². The lowest BCUT2D eigenvalue weighted by Gasteiger charge is -2.09. The quantitative estimate of drug-likeness (QED) is 0.589. The van der Waals surface area contributed by atoms with E-state index >= 15 is 0 Å². The van der Waals surface area contributed by atoms with Crippen LogP contribution in [0.15, 0.2) is 0 Å². The minimum Gasteiger partial charge on any atom is -0.313 e. The smallest absolute Gasteiger partial charge is 0.212 e. The van der Waals surface area contributed by atoms with Crippen LogP contribution in [0.2, 0.25) is 0 Å². The lowest BCUT2D eigenvalue weighted by atomic mass is 10.3. The van der Waals surface area contributed by atoms with Gasteiger partial charge < -0.3 is 5.32 Å². The highest BCUT2D eigenvalue weighted by Gasteiger charge is 2.08. The predicted octanol–water partition coefficient (Wildman–Crippen LogP) is 1.09. The highest BCUT2D eigenvalue weighted by atomic mass is 32.2. The van der Waals surface area contributed by atoms with Gasteiger partial charge in [0, 0.05) is 19.1 Å². The molecular weight excluding hydrogens is 212 g/mol. The first kappa shape index (κ1) is 14.9. The molecule has 0 saturated heterocycles. The molecule has 0 spiro atoms. The van der Waals surface area contributed by atoms with E-state index in [1.807, 2.05) is 13.8 Å². The van der Waals surface area contributed by atoms with Crippen LogP contribution in [0.1, 0.15) is 40.0 Å². The van der Waals surface area contributed by atoms with Crippen molar-refractivity contribution in [2.24, 2.45) is 0 Å². The zero-order valence-corrected chi connectivity index (χ0v) is 10.9. The molecule has 5 heteroatoms. The minimum atomic E-state index is -3.07. The summed E-state index contributed by atoms with van der Waals surface area (Å²) in [4.78, 5) is 0. The van der Waals surface area contributed by atoms with Crippen molar-refractivity contribution >= 4 is 10.0 Å². The monoisotopic (exact) mass is 236 g/mol. The number of hydrogen-bond donors (Lipinski definition) is 2. The number of unbranched alkanes of at least 4 members (excludes halogenated alkanes) is 2. The van der Waals surface area contributed by atoms with Gasteiger partial charge in [-0.2, -0.15) is 0 Å². The van der Waals surface area contributed by atoms with E-state index in [0.29, 0.717) is 19.1 Å². The second-order valence-electron chi connectivity index (χ2n) is 4.03. The first-order valence-corrected chi connectivity index (χ1v) is 7.34. The van der Waals surface area contributed by atoms with Crippen LogP contribution in [-0.4, -0.2) is 33.3 Å². The standard InChI is InChI=1S/C10H24N2O2S/c1-4-5-6-7-12-15(13,14)9-8-11-10(2)3/h10-12H,4-9H2,1-3H3. The molecule has 0 fully saturated rings. The lowest BCUT2D eigenvalue weighted by molar-refractivity contribution is 0.563. The molecular formula is C10H24N2O2S. The Balaban J connectivity index is 3.59. The Morgan fingerprint density at radius 2 is 1.80 bits per heavy atom. The highest BCUT2D eigenvalue weighted by Crippen LogP contribution is 1.93. The van der Waals surface area contributed by atoms with Crippen molar-refractivity contribution in [2.75, 3.05) is 18.8 Å². The van der Waals surface area contributed by atoms with Crippen molar-refractivity contribution < 1.29 is 8.42 Å². The third-order valence-electron chi connectivity index (χ3n) is 2.03. The van der Waals surface area contributed by atoms with E-state index in [0.717, 1.165) is 19.3 Å². The largest absolute Gasteiger partial charge is 0.313 e. The summed E-state index contributed by atoms with van der Waals surface area (Å²) in [7, 11) is -3.07. The Morgan fingerprint density at radius 1 is 1.13 bits per heavy atom. The maximum atomic E-state index is 11.4. The molecule has 0 aromatic carbocycles. The minimum absolute atomic E-state index is 0.164. The molecule has 0 radical (unpaired) electrons. The van der Waals surface area contributed by atoms with Gasteiger partial charge in [0.2, 0.25) is 10.0 Å². The zero-order valence-electron chi connectivity index (χ0n) is 10.0. The van der Waals surface area contributed by atoms with Crippen molar-refractivity contribution in [3.8, 4) is 0 Å². The lowest BCUT2D eigenvalue weighted by Crippen LogP contribution is -2.34. The van der Waals surface area contributed by atoms with Gasteiger partial charge in [0.1, 0.15) is 0 Å². The maximum absolute atomic E-state index is 11.4. The normalized spacial score (nSPS) is 12.3. The molecule has 0 aliphatic carbocycles. The van der Waals surface area contributed by atoms with Gasteiger partial charge in [-0.25, -0.2) is 13.1 Å². The third-order valence-corrected chi connectivity index (χ3v) is 3.41. The van der Waals surface area contributed by atoms with E-state index in [1.54, 1.807) is 0 Å². The average molecular weight is 236 g/mol. The molecule has 0 aliphatic rings. The summed E-state index contributed by atoms with van der Waals surface area (Å²) < 4.78 is 25.4. The molecule has 0 bridgehead atoms. The molecule has 2 N–H and O–H groups in total. The van der Waals surface area contributed by atoms with Crippen molar-refractivity contribution in [3.05, 3.63) is 0 Å². The van der Waals surface area contributed by atoms with Crippen LogP contribution >= 0.6 is 0 Å². The van der Waals surface area contributed by atoms with E-state index in [4.69, 9.17) is 0 Å². The summed E-state index contributed by atoms with van der Waals surface area (Å²) in [5.74, 6) is 0.164. The molecule has 0 rings (SSSR count).